The Hall–Kier alpha value is -3.28. The van der Waals surface area contributed by atoms with Gasteiger partial charge in [0.1, 0.15) is 0 Å². The molecule has 0 aliphatic rings. The Balaban J connectivity index is 2.06. The highest BCUT2D eigenvalue weighted by molar-refractivity contribution is 5.95. The number of rotatable bonds is 5. The molecule has 6 nitrogen and oxygen atoms in total. The Bertz CT molecular complexity index is 909. The van der Waals surface area contributed by atoms with Crippen LogP contribution < -0.4 is 14.8 Å². The fraction of sp³-hybridized carbons (Fsp3) is 0.111. The molecule has 0 saturated heterocycles. The number of aromatic carboxylic acids is 1. The van der Waals surface area contributed by atoms with Crippen molar-refractivity contribution in [3.05, 3.63) is 54.2 Å². The van der Waals surface area contributed by atoms with Crippen molar-refractivity contribution in [3.63, 3.8) is 0 Å². The lowest BCUT2D eigenvalue weighted by Crippen LogP contribution is -1.99. The molecule has 0 saturated carbocycles. The first-order valence-electron chi connectivity index (χ1n) is 7.23. The largest absolute Gasteiger partial charge is 0.493 e. The summed E-state index contributed by atoms with van der Waals surface area (Å²) in [6.07, 6.45) is 1.68. The Morgan fingerprint density at radius 2 is 1.83 bits per heavy atom. The van der Waals surface area contributed by atoms with Crippen molar-refractivity contribution in [2.75, 3.05) is 19.5 Å². The minimum atomic E-state index is -0.968. The van der Waals surface area contributed by atoms with E-state index in [1.54, 1.807) is 50.7 Å². The highest BCUT2D eigenvalue weighted by Crippen LogP contribution is 2.35. The molecular formula is C18H16N2O4. The first kappa shape index (κ1) is 15.6. The molecule has 3 aromatic rings. The van der Waals surface area contributed by atoms with Gasteiger partial charge >= 0.3 is 5.97 Å². The van der Waals surface area contributed by atoms with Gasteiger partial charge < -0.3 is 19.9 Å². The number of nitrogens with zero attached hydrogens (tertiary/aromatic N) is 1. The summed E-state index contributed by atoms with van der Waals surface area (Å²) < 4.78 is 10.6. The molecule has 6 heteroatoms. The first-order valence-corrected chi connectivity index (χ1v) is 7.23. The lowest BCUT2D eigenvalue weighted by atomic mass is 10.1. The number of fused-ring (bicyclic) bond motifs is 1. The fourth-order valence-electron chi connectivity index (χ4n) is 2.47. The summed E-state index contributed by atoms with van der Waals surface area (Å²) in [7, 11) is 3.15. The number of pyridine rings is 1. The van der Waals surface area contributed by atoms with Gasteiger partial charge in [0.2, 0.25) is 0 Å². The molecule has 0 unspecified atom stereocenters. The molecule has 2 aromatic carbocycles. The summed E-state index contributed by atoms with van der Waals surface area (Å²) in [5.41, 5.74) is 2.44. The van der Waals surface area contributed by atoms with E-state index in [4.69, 9.17) is 14.6 Å². The predicted octanol–water partition coefficient (Wildman–Crippen LogP) is 3.69. The Labute approximate surface area is 138 Å². The molecule has 0 bridgehead atoms. The van der Waals surface area contributed by atoms with Crippen LogP contribution in [0.3, 0.4) is 0 Å². The monoisotopic (exact) mass is 324 g/mol. The van der Waals surface area contributed by atoms with Crippen LogP contribution >= 0.6 is 0 Å². The third kappa shape index (κ3) is 2.94. The van der Waals surface area contributed by atoms with E-state index in [0.717, 1.165) is 16.6 Å². The quantitative estimate of drug-likeness (QED) is 0.745. The van der Waals surface area contributed by atoms with Gasteiger partial charge in [-0.15, -0.1) is 0 Å². The Morgan fingerprint density at radius 3 is 2.54 bits per heavy atom. The maximum atomic E-state index is 11.1. The van der Waals surface area contributed by atoms with E-state index in [0.29, 0.717) is 17.2 Å². The van der Waals surface area contributed by atoms with Crippen LogP contribution in [-0.2, 0) is 0 Å². The summed E-state index contributed by atoms with van der Waals surface area (Å²) in [5.74, 6) is 0.229. The lowest BCUT2D eigenvalue weighted by Gasteiger charge is -2.13. The van der Waals surface area contributed by atoms with Crippen LogP contribution in [0.4, 0.5) is 11.4 Å². The van der Waals surface area contributed by atoms with E-state index in [1.165, 1.54) is 0 Å². The Morgan fingerprint density at radius 1 is 1.08 bits per heavy atom. The standard InChI is InChI=1S/C18H16N2O4/c1-23-16-9-13-14(6-7-19-15(13)10-17(16)24-2)20-12-5-3-4-11(8-12)18(21)22/h3-10H,1-2H3,(H,19,20)(H,21,22). The van der Waals surface area contributed by atoms with Gasteiger partial charge in [-0.25, -0.2) is 4.79 Å². The van der Waals surface area contributed by atoms with Crippen LogP contribution in [0.2, 0.25) is 0 Å². The second-order valence-corrected chi connectivity index (χ2v) is 5.09. The van der Waals surface area contributed by atoms with E-state index in [9.17, 15) is 4.79 Å². The number of aromatic nitrogens is 1. The minimum Gasteiger partial charge on any atom is -0.493 e. The number of nitrogens with one attached hydrogen (secondary N) is 1. The lowest BCUT2D eigenvalue weighted by molar-refractivity contribution is 0.0697. The van der Waals surface area contributed by atoms with Crippen molar-refractivity contribution < 1.29 is 19.4 Å². The molecule has 0 amide bonds. The summed E-state index contributed by atoms with van der Waals surface area (Å²) in [6.45, 7) is 0. The van der Waals surface area contributed by atoms with Crippen LogP contribution in [0.5, 0.6) is 11.5 Å². The third-order valence-corrected chi connectivity index (χ3v) is 3.64. The average molecular weight is 324 g/mol. The van der Waals surface area contributed by atoms with E-state index in [-0.39, 0.29) is 5.56 Å². The smallest absolute Gasteiger partial charge is 0.335 e. The van der Waals surface area contributed by atoms with Gasteiger partial charge in [-0.05, 0) is 30.3 Å². The molecular weight excluding hydrogens is 308 g/mol. The van der Waals surface area contributed by atoms with Crippen LogP contribution in [0.15, 0.2) is 48.7 Å². The number of carbonyl (C=O) groups is 1. The van der Waals surface area contributed by atoms with Crippen molar-refractivity contribution in [2.45, 2.75) is 0 Å². The molecule has 122 valence electrons. The summed E-state index contributed by atoms with van der Waals surface area (Å²) >= 11 is 0. The number of carboxylic acid groups (broad SMARTS) is 1. The topological polar surface area (TPSA) is 80.7 Å². The number of hydrogen-bond donors (Lipinski definition) is 2. The summed E-state index contributed by atoms with van der Waals surface area (Å²) in [4.78, 5) is 15.4. The van der Waals surface area contributed by atoms with Crippen molar-refractivity contribution in [2.24, 2.45) is 0 Å². The molecule has 0 fully saturated rings. The molecule has 3 rings (SSSR count). The van der Waals surface area contributed by atoms with Crippen molar-refractivity contribution >= 4 is 28.2 Å². The normalized spacial score (nSPS) is 10.4. The predicted molar refractivity (Wildman–Crippen MR) is 91.5 cm³/mol. The Kier molecular flexibility index (Phi) is 4.20. The van der Waals surface area contributed by atoms with Crippen LogP contribution in [-0.4, -0.2) is 30.3 Å². The van der Waals surface area contributed by atoms with Gasteiger partial charge in [0.25, 0.3) is 0 Å². The van der Waals surface area contributed by atoms with Gasteiger partial charge in [0.05, 0.1) is 25.3 Å². The number of anilines is 2. The molecule has 0 atom stereocenters. The molecule has 0 spiro atoms. The second kappa shape index (κ2) is 6.45. The molecule has 0 aliphatic heterocycles. The minimum absolute atomic E-state index is 0.220. The van der Waals surface area contributed by atoms with Gasteiger partial charge in [-0.3, -0.25) is 4.98 Å². The number of methoxy groups -OCH3 is 2. The van der Waals surface area contributed by atoms with Gasteiger partial charge in [-0.2, -0.15) is 0 Å². The molecule has 1 aromatic heterocycles. The van der Waals surface area contributed by atoms with Gasteiger partial charge in [0.15, 0.2) is 11.5 Å². The third-order valence-electron chi connectivity index (χ3n) is 3.64. The van der Waals surface area contributed by atoms with Crippen LogP contribution in [0.1, 0.15) is 10.4 Å². The SMILES string of the molecule is COc1cc2nccc(Nc3cccc(C(=O)O)c3)c2cc1OC. The number of hydrogen-bond acceptors (Lipinski definition) is 5. The highest BCUT2D eigenvalue weighted by Gasteiger charge is 2.10. The zero-order chi connectivity index (χ0) is 17.1. The number of benzene rings is 2. The number of ether oxygens (including phenoxy) is 2. The van der Waals surface area contributed by atoms with Gasteiger partial charge in [-0.1, -0.05) is 6.07 Å². The summed E-state index contributed by atoms with van der Waals surface area (Å²) in [5, 5.41) is 13.2. The number of carboxylic acids is 1. The van der Waals surface area contributed by atoms with E-state index < -0.39 is 5.97 Å². The van der Waals surface area contributed by atoms with Crippen molar-refractivity contribution in [1.29, 1.82) is 0 Å². The van der Waals surface area contributed by atoms with E-state index in [2.05, 4.69) is 10.3 Å². The van der Waals surface area contributed by atoms with E-state index >= 15 is 0 Å². The van der Waals surface area contributed by atoms with Crippen molar-refractivity contribution in [3.8, 4) is 11.5 Å². The molecule has 2 N–H and O–H groups in total. The van der Waals surface area contributed by atoms with Gasteiger partial charge in [0, 0.05) is 29.0 Å². The fourth-order valence-corrected chi connectivity index (χ4v) is 2.47. The zero-order valence-electron chi connectivity index (χ0n) is 13.2. The summed E-state index contributed by atoms with van der Waals surface area (Å²) in [6, 6.07) is 12.1. The van der Waals surface area contributed by atoms with Crippen LogP contribution in [0, 0.1) is 0 Å². The van der Waals surface area contributed by atoms with Crippen molar-refractivity contribution in [1.82, 2.24) is 4.98 Å². The maximum absolute atomic E-state index is 11.1. The highest BCUT2D eigenvalue weighted by atomic mass is 16.5. The second-order valence-electron chi connectivity index (χ2n) is 5.09. The molecule has 0 aliphatic carbocycles. The maximum Gasteiger partial charge on any atom is 0.335 e. The molecule has 0 radical (unpaired) electrons. The average Bonchev–Trinajstić information content (AvgIpc) is 2.61. The zero-order valence-corrected chi connectivity index (χ0v) is 13.2. The molecule has 1 heterocycles. The molecule has 24 heavy (non-hydrogen) atoms. The first-order chi connectivity index (χ1) is 11.6. The van der Waals surface area contributed by atoms with Crippen LogP contribution in [0.25, 0.3) is 10.9 Å². The van der Waals surface area contributed by atoms with E-state index in [1.807, 2.05) is 12.1 Å².